The summed E-state index contributed by atoms with van der Waals surface area (Å²) in [4.78, 5) is 27.9. The van der Waals surface area contributed by atoms with Crippen LogP contribution in [0.1, 0.15) is 15.9 Å². The van der Waals surface area contributed by atoms with Crippen molar-refractivity contribution in [3.63, 3.8) is 0 Å². The summed E-state index contributed by atoms with van der Waals surface area (Å²) in [6.45, 7) is 5.01. The van der Waals surface area contributed by atoms with Crippen LogP contribution in [-0.2, 0) is 4.79 Å². The summed E-state index contributed by atoms with van der Waals surface area (Å²) in [7, 11) is 3.23. The second kappa shape index (κ2) is 8.74. The molecule has 1 aliphatic rings. The molecular formula is C16H24ClN3O3. The monoisotopic (exact) mass is 341 g/mol. The minimum Gasteiger partial charge on any atom is -0.496 e. The third-order valence-corrected chi connectivity index (χ3v) is 3.84. The van der Waals surface area contributed by atoms with E-state index in [1.54, 1.807) is 31.2 Å². The van der Waals surface area contributed by atoms with Gasteiger partial charge in [0.05, 0.1) is 13.7 Å². The van der Waals surface area contributed by atoms with Gasteiger partial charge in [-0.15, -0.1) is 12.4 Å². The molecule has 1 aromatic rings. The number of piperazine rings is 1. The van der Waals surface area contributed by atoms with Gasteiger partial charge in [-0.05, 0) is 24.6 Å². The molecule has 7 heteroatoms. The lowest BCUT2D eigenvalue weighted by molar-refractivity contribution is -0.132. The molecule has 0 saturated carbocycles. The van der Waals surface area contributed by atoms with Crippen molar-refractivity contribution in [3.05, 3.63) is 29.3 Å². The van der Waals surface area contributed by atoms with E-state index in [9.17, 15) is 9.59 Å². The van der Waals surface area contributed by atoms with Crippen molar-refractivity contribution in [3.8, 4) is 5.75 Å². The van der Waals surface area contributed by atoms with E-state index >= 15 is 0 Å². The van der Waals surface area contributed by atoms with Gasteiger partial charge < -0.3 is 19.9 Å². The van der Waals surface area contributed by atoms with Crippen molar-refractivity contribution in [2.75, 3.05) is 46.9 Å². The standard InChI is InChI=1S/C16H23N3O3.ClH/c1-12-4-5-13(10-14(12)22-3)16(21)18(2)11-15(20)19-8-6-17-7-9-19;/h4-5,10,17H,6-9,11H2,1-3H3;1H. The number of rotatable bonds is 4. The van der Waals surface area contributed by atoms with Crippen molar-refractivity contribution in [2.45, 2.75) is 6.92 Å². The van der Waals surface area contributed by atoms with Gasteiger partial charge in [0.25, 0.3) is 5.91 Å². The highest BCUT2D eigenvalue weighted by Gasteiger charge is 2.21. The Morgan fingerprint density at radius 2 is 1.96 bits per heavy atom. The van der Waals surface area contributed by atoms with E-state index in [1.165, 1.54) is 4.90 Å². The van der Waals surface area contributed by atoms with Crippen molar-refractivity contribution in [1.82, 2.24) is 15.1 Å². The molecule has 1 aromatic carbocycles. The fourth-order valence-corrected chi connectivity index (χ4v) is 2.46. The van der Waals surface area contributed by atoms with Crippen LogP contribution in [0.2, 0.25) is 0 Å². The van der Waals surface area contributed by atoms with Crippen LogP contribution in [0.3, 0.4) is 0 Å². The van der Waals surface area contributed by atoms with Gasteiger partial charge in [0, 0.05) is 38.8 Å². The summed E-state index contributed by atoms with van der Waals surface area (Å²) >= 11 is 0. The number of amides is 2. The first kappa shape index (κ1) is 19.3. The first-order valence-electron chi connectivity index (χ1n) is 7.41. The van der Waals surface area contributed by atoms with Gasteiger partial charge >= 0.3 is 0 Å². The normalized spacial score (nSPS) is 14.0. The molecule has 0 bridgehead atoms. The lowest BCUT2D eigenvalue weighted by Gasteiger charge is -2.29. The number of nitrogens with one attached hydrogen (secondary N) is 1. The number of ether oxygens (including phenoxy) is 1. The highest BCUT2D eigenvalue weighted by molar-refractivity contribution is 5.96. The average Bonchev–Trinajstić information content (AvgIpc) is 2.55. The maximum absolute atomic E-state index is 12.4. The van der Waals surface area contributed by atoms with Crippen LogP contribution in [0.15, 0.2) is 18.2 Å². The molecule has 0 aromatic heterocycles. The maximum atomic E-state index is 12.4. The molecule has 2 amide bonds. The molecule has 2 rings (SSSR count). The second-order valence-electron chi connectivity index (χ2n) is 5.48. The zero-order chi connectivity index (χ0) is 16.1. The van der Waals surface area contributed by atoms with Gasteiger partial charge in [0.1, 0.15) is 5.75 Å². The van der Waals surface area contributed by atoms with Crippen LogP contribution in [-0.4, -0.2) is 68.5 Å². The molecule has 23 heavy (non-hydrogen) atoms. The largest absolute Gasteiger partial charge is 0.496 e. The number of hydrogen-bond acceptors (Lipinski definition) is 4. The smallest absolute Gasteiger partial charge is 0.254 e. The first-order chi connectivity index (χ1) is 10.5. The summed E-state index contributed by atoms with van der Waals surface area (Å²) in [5.41, 5.74) is 1.50. The third-order valence-electron chi connectivity index (χ3n) is 3.84. The number of methoxy groups -OCH3 is 1. The second-order valence-corrected chi connectivity index (χ2v) is 5.48. The highest BCUT2D eigenvalue weighted by atomic mass is 35.5. The molecule has 1 aliphatic heterocycles. The van der Waals surface area contributed by atoms with Crippen LogP contribution in [0.4, 0.5) is 0 Å². The fraction of sp³-hybridized carbons (Fsp3) is 0.500. The van der Waals surface area contributed by atoms with Crippen LogP contribution >= 0.6 is 12.4 Å². The number of likely N-dealkylation sites (N-methyl/N-ethyl adjacent to an activating group) is 1. The molecule has 1 N–H and O–H groups in total. The lowest BCUT2D eigenvalue weighted by atomic mass is 10.1. The van der Waals surface area contributed by atoms with E-state index < -0.39 is 0 Å². The minimum atomic E-state index is -0.179. The van der Waals surface area contributed by atoms with E-state index in [0.717, 1.165) is 18.7 Å². The number of hydrogen-bond donors (Lipinski definition) is 1. The van der Waals surface area contributed by atoms with Gasteiger partial charge in [0.15, 0.2) is 0 Å². The summed E-state index contributed by atoms with van der Waals surface area (Å²) in [6, 6.07) is 5.31. The molecule has 0 aliphatic carbocycles. The number of benzene rings is 1. The third kappa shape index (κ3) is 4.84. The van der Waals surface area contributed by atoms with E-state index in [0.29, 0.717) is 24.4 Å². The van der Waals surface area contributed by atoms with Crippen molar-refractivity contribution < 1.29 is 14.3 Å². The van der Waals surface area contributed by atoms with E-state index in [4.69, 9.17) is 4.74 Å². The molecule has 6 nitrogen and oxygen atoms in total. The van der Waals surface area contributed by atoms with Gasteiger partial charge in [-0.2, -0.15) is 0 Å². The van der Waals surface area contributed by atoms with E-state index in [1.807, 2.05) is 13.0 Å². The van der Waals surface area contributed by atoms with Crippen molar-refractivity contribution in [1.29, 1.82) is 0 Å². The van der Waals surface area contributed by atoms with Gasteiger partial charge in [0.2, 0.25) is 5.91 Å². The summed E-state index contributed by atoms with van der Waals surface area (Å²) in [6.07, 6.45) is 0. The SMILES string of the molecule is COc1cc(C(=O)N(C)CC(=O)N2CCNCC2)ccc1C.Cl. The lowest BCUT2D eigenvalue weighted by Crippen LogP contribution is -2.49. The summed E-state index contributed by atoms with van der Waals surface area (Å²) in [5.74, 6) is 0.478. The van der Waals surface area contributed by atoms with Crippen LogP contribution in [0, 0.1) is 6.92 Å². The molecule has 0 radical (unpaired) electrons. The van der Waals surface area contributed by atoms with Crippen LogP contribution in [0.25, 0.3) is 0 Å². The Bertz CT molecular complexity index is 560. The molecule has 1 heterocycles. The number of halogens is 1. The number of carbonyl (C=O) groups is 2. The van der Waals surface area contributed by atoms with Gasteiger partial charge in [-0.3, -0.25) is 9.59 Å². The highest BCUT2D eigenvalue weighted by Crippen LogP contribution is 2.19. The number of carbonyl (C=O) groups excluding carboxylic acids is 2. The molecule has 1 fully saturated rings. The Kier molecular flexibility index (Phi) is 7.32. The zero-order valence-corrected chi connectivity index (χ0v) is 14.6. The Morgan fingerprint density at radius 1 is 1.30 bits per heavy atom. The zero-order valence-electron chi connectivity index (χ0n) is 13.8. The molecule has 1 saturated heterocycles. The summed E-state index contributed by atoms with van der Waals surface area (Å²) in [5, 5.41) is 3.20. The molecule has 0 atom stereocenters. The number of aryl methyl sites for hydroxylation is 1. The minimum absolute atomic E-state index is 0. The first-order valence-corrected chi connectivity index (χ1v) is 7.41. The van der Waals surface area contributed by atoms with Crippen LogP contribution < -0.4 is 10.1 Å². The van der Waals surface area contributed by atoms with E-state index in [2.05, 4.69) is 5.32 Å². The Morgan fingerprint density at radius 3 is 2.57 bits per heavy atom. The van der Waals surface area contributed by atoms with Gasteiger partial charge in [-0.1, -0.05) is 6.07 Å². The predicted molar refractivity (Wildman–Crippen MR) is 91.4 cm³/mol. The topological polar surface area (TPSA) is 61.9 Å². The Labute approximate surface area is 143 Å². The van der Waals surface area contributed by atoms with Gasteiger partial charge in [-0.25, -0.2) is 0 Å². The Hall–Kier alpha value is -1.79. The molecule has 0 unspecified atom stereocenters. The number of nitrogens with zero attached hydrogens (tertiary/aromatic N) is 2. The van der Waals surface area contributed by atoms with Crippen molar-refractivity contribution >= 4 is 24.2 Å². The maximum Gasteiger partial charge on any atom is 0.254 e. The fourth-order valence-electron chi connectivity index (χ4n) is 2.46. The molecule has 128 valence electrons. The average molecular weight is 342 g/mol. The Balaban J connectivity index is 0.00000264. The molecular weight excluding hydrogens is 318 g/mol. The van der Waals surface area contributed by atoms with E-state index in [-0.39, 0.29) is 30.8 Å². The predicted octanol–water partition coefficient (Wildman–Crippen LogP) is 0.929. The quantitative estimate of drug-likeness (QED) is 0.885. The van der Waals surface area contributed by atoms with Crippen molar-refractivity contribution in [2.24, 2.45) is 0 Å². The summed E-state index contributed by atoms with van der Waals surface area (Å²) < 4.78 is 5.24. The molecule has 0 spiro atoms. The van der Waals surface area contributed by atoms with Crippen LogP contribution in [0.5, 0.6) is 5.75 Å².